The molecule has 0 radical (unpaired) electrons. The molecule has 0 aliphatic carbocycles. The van der Waals surface area contributed by atoms with Crippen LogP contribution in [0.3, 0.4) is 0 Å². The third-order valence-electron chi connectivity index (χ3n) is 1.25. The fraction of sp³-hybridized carbons (Fsp3) is 0. The van der Waals surface area contributed by atoms with E-state index in [9.17, 15) is 9.00 Å². The fourth-order valence-corrected chi connectivity index (χ4v) is 0.936. The van der Waals surface area contributed by atoms with Crippen LogP contribution in [0.4, 0.5) is 0 Å². The zero-order chi connectivity index (χ0) is 9.84. The quantitative estimate of drug-likeness (QED) is 0.549. The van der Waals surface area contributed by atoms with E-state index in [0.717, 1.165) is 0 Å². The molecule has 0 aromatic heterocycles. The Labute approximate surface area is 105 Å². The Hall–Kier alpha value is -0.400. The number of phenols is 1. The van der Waals surface area contributed by atoms with Crippen molar-refractivity contribution in [2.75, 3.05) is 0 Å². The third-order valence-corrected chi connectivity index (χ3v) is 1.54. The van der Waals surface area contributed by atoms with Crippen molar-refractivity contribution in [1.82, 2.24) is 0 Å². The topological polar surface area (TPSA) is 83.8 Å². The molecule has 1 rings (SSSR count). The first-order valence-corrected chi connectivity index (χ1v) is 4.25. The fourth-order valence-electron chi connectivity index (χ4n) is 0.710. The van der Waals surface area contributed by atoms with Gasteiger partial charge in [-0.25, -0.2) is 4.79 Å². The molecule has 5 nitrogen and oxygen atoms in total. The van der Waals surface area contributed by atoms with Crippen LogP contribution in [0, 0.1) is 0 Å². The molecule has 0 bridgehead atoms. The molecule has 2 N–H and O–H groups in total. The van der Waals surface area contributed by atoms with Crippen LogP contribution >= 0.6 is 0 Å². The maximum absolute atomic E-state index is 10.9. The molecule has 0 saturated heterocycles. The summed E-state index contributed by atoms with van der Waals surface area (Å²) < 4.78 is 22.3. The third kappa shape index (κ3) is 4.21. The summed E-state index contributed by atoms with van der Waals surface area (Å²) in [4.78, 5) is 10.9. The van der Waals surface area contributed by atoms with Crippen LogP contribution in [-0.2, 0) is 15.5 Å². The molecule has 1 aromatic rings. The zero-order valence-electron chi connectivity index (χ0n) is 6.34. The number of benzene rings is 1. The van der Waals surface area contributed by atoms with E-state index in [1.807, 2.05) is 0 Å². The van der Waals surface area contributed by atoms with Crippen LogP contribution in [0.2, 0.25) is 0 Å². The number of carbonyl (C=O) groups excluding carboxylic acids is 1. The van der Waals surface area contributed by atoms with Gasteiger partial charge in [-0.2, -0.15) is 4.21 Å². The van der Waals surface area contributed by atoms with Gasteiger partial charge in [-0.3, -0.25) is 4.55 Å². The Morgan fingerprint density at radius 3 is 2.21 bits per heavy atom. The predicted molar refractivity (Wildman–Crippen MR) is 51.4 cm³/mol. The van der Waals surface area contributed by atoms with E-state index >= 15 is 0 Å². The number of hydrogen-bond acceptors (Lipinski definition) is 4. The van der Waals surface area contributed by atoms with Gasteiger partial charge in [0, 0.05) is 0 Å². The Morgan fingerprint density at radius 1 is 1.29 bits per heavy atom. The number of phenolic OH excluding ortho intramolecular Hbond substituents is 1. The Bertz CT molecular complexity index is 336. The van der Waals surface area contributed by atoms with Crippen molar-refractivity contribution in [3.63, 3.8) is 0 Å². The number of carbonyl (C=O) groups is 1. The van der Waals surface area contributed by atoms with E-state index in [1.165, 1.54) is 24.3 Å². The molecule has 0 aliphatic rings. The zero-order valence-corrected chi connectivity index (χ0v) is 7.15. The van der Waals surface area contributed by atoms with Gasteiger partial charge >= 0.3 is 46.9 Å². The van der Waals surface area contributed by atoms with Crippen molar-refractivity contribution in [3.8, 4) is 5.75 Å². The SMILES string of the molecule is O=C(OS(=O)O)c1ccc(O)cc1.[NaH]. The predicted octanol–water partition coefficient (Wildman–Crippen LogP) is 0.0372. The van der Waals surface area contributed by atoms with Crippen LogP contribution in [-0.4, -0.2) is 49.4 Å². The molecule has 1 atom stereocenters. The summed E-state index contributed by atoms with van der Waals surface area (Å²) in [5.41, 5.74) is 0.0974. The molecule has 0 saturated carbocycles. The Kier molecular flexibility index (Phi) is 5.98. The Balaban J connectivity index is 0.00000169. The van der Waals surface area contributed by atoms with E-state index in [4.69, 9.17) is 9.66 Å². The van der Waals surface area contributed by atoms with Crippen molar-refractivity contribution < 1.29 is 22.8 Å². The maximum atomic E-state index is 10.9. The van der Waals surface area contributed by atoms with Gasteiger partial charge in [0.1, 0.15) is 5.75 Å². The molecule has 0 fully saturated rings. The average Bonchev–Trinajstić information content (AvgIpc) is 2.04. The summed E-state index contributed by atoms with van der Waals surface area (Å²) >= 11 is -2.61. The summed E-state index contributed by atoms with van der Waals surface area (Å²) in [7, 11) is 0. The van der Waals surface area contributed by atoms with Gasteiger partial charge in [0.25, 0.3) is 0 Å². The van der Waals surface area contributed by atoms with Crippen LogP contribution in [0.1, 0.15) is 10.4 Å². The molecular weight excluding hydrogens is 219 g/mol. The molecule has 0 aliphatic heterocycles. The summed E-state index contributed by atoms with van der Waals surface area (Å²) in [5, 5.41) is 8.86. The summed E-state index contributed by atoms with van der Waals surface area (Å²) in [6.07, 6.45) is 0. The molecule has 72 valence electrons. The van der Waals surface area contributed by atoms with Crippen molar-refractivity contribution in [2.45, 2.75) is 0 Å². The standard InChI is InChI=1S/C7H6O5S.Na.H/c8-6-3-1-5(2-4-6)7(9)12-13(10)11;;/h1-4,8H,(H,10,11);;. The normalized spacial score (nSPS) is 11.2. The molecule has 1 aromatic carbocycles. The minimum absolute atomic E-state index is 0. The van der Waals surface area contributed by atoms with Crippen LogP contribution in [0.15, 0.2) is 24.3 Å². The first kappa shape index (κ1) is 13.6. The van der Waals surface area contributed by atoms with Gasteiger partial charge in [0.15, 0.2) is 0 Å². The second-order valence-corrected chi connectivity index (χ2v) is 2.74. The van der Waals surface area contributed by atoms with Crippen molar-refractivity contribution >= 4 is 46.9 Å². The van der Waals surface area contributed by atoms with Crippen molar-refractivity contribution in [3.05, 3.63) is 29.8 Å². The summed E-state index contributed by atoms with van der Waals surface area (Å²) in [6.45, 7) is 0. The summed E-state index contributed by atoms with van der Waals surface area (Å²) in [5.74, 6) is -0.914. The molecule has 0 spiro atoms. The van der Waals surface area contributed by atoms with Gasteiger partial charge in [-0.15, -0.1) is 0 Å². The first-order chi connectivity index (χ1) is 6.09. The van der Waals surface area contributed by atoms with E-state index in [1.54, 1.807) is 0 Å². The number of rotatable bonds is 2. The molecular formula is C7H7NaO5S. The molecule has 7 heteroatoms. The van der Waals surface area contributed by atoms with Crippen LogP contribution < -0.4 is 0 Å². The summed E-state index contributed by atoms with van der Waals surface area (Å²) in [6, 6.07) is 5.11. The Morgan fingerprint density at radius 2 is 1.79 bits per heavy atom. The van der Waals surface area contributed by atoms with Gasteiger partial charge in [0.05, 0.1) is 5.56 Å². The second kappa shape index (κ2) is 6.15. The number of hydrogen-bond donors (Lipinski definition) is 2. The van der Waals surface area contributed by atoms with Crippen LogP contribution in [0.5, 0.6) is 5.75 Å². The van der Waals surface area contributed by atoms with Crippen molar-refractivity contribution in [1.29, 1.82) is 0 Å². The van der Waals surface area contributed by atoms with E-state index < -0.39 is 17.3 Å². The first-order valence-electron chi connectivity index (χ1n) is 3.22. The molecule has 0 heterocycles. The van der Waals surface area contributed by atoms with E-state index in [0.29, 0.717) is 0 Å². The van der Waals surface area contributed by atoms with Gasteiger partial charge in [-0.05, 0) is 24.3 Å². The van der Waals surface area contributed by atoms with Crippen molar-refractivity contribution in [2.24, 2.45) is 0 Å². The van der Waals surface area contributed by atoms with Gasteiger partial charge in [0.2, 0.25) is 0 Å². The molecule has 1 unspecified atom stereocenters. The average molecular weight is 226 g/mol. The molecule has 14 heavy (non-hydrogen) atoms. The molecule has 0 amide bonds. The number of aromatic hydroxyl groups is 1. The van der Waals surface area contributed by atoms with Gasteiger partial charge < -0.3 is 9.29 Å². The van der Waals surface area contributed by atoms with Crippen LogP contribution in [0.25, 0.3) is 0 Å². The second-order valence-electron chi connectivity index (χ2n) is 2.13. The minimum atomic E-state index is -2.61. The van der Waals surface area contributed by atoms with E-state index in [-0.39, 0.29) is 40.9 Å². The van der Waals surface area contributed by atoms with Gasteiger partial charge in [-0.1, -0.05) is 0 Å². The van der Waals surface area contributed by atoms with E-state index in [2.05, 4.69) is 4.18 Å². The monoisotopic (exact) mass is 226 g/mol.